The molecule has 14 heavy (non-hydrogen) atoms. The van der Waals surface area contributed by atoms with Crippen molar-refractivity contribution in [2.75, 3.05) is 6.54 Å². The Morgan fingerprint density at radius 2 is 2.50 bits per heavy atom. The summed E-state index contributed by atoms with van der Waals surface area (Å²) in [6.07, 6.45) is 1.22. The van der Waals surface area contributed by atoms with Gasteiger partial charge in [-0.05, 0) is 12.8 Å². The molecule has 0 aromatic heterocycles. The third kappa shape index (κ3) is 2.73. The Kier molecular flexibility index (Phi) is 3.46. The highest BCUT2D eigenvalue weighted by Gasteiger charge is 2.27. The highest BCUT2D eigenvalue weighted by Crippen LogP contribution is 2.21. The van der Waals surface area contributed by atoms with Crippen molar-refractivity contribution in [1.29, 1.82) is 5.26 Å². The van der Waals surface area contributed by atoms with Crippen LogP contribution in [0.5, 0.6) is 0 Å². The lowest BCUT2D eigenvalue weighted by atomic mass is 9.92. The van der Waals surface area contributed by atoms with Gasteiger partial charge in [-0.25, -0.2) is 0 Å². The first-order valence-electron chi connectivity index (χ1n) is 4.59. The van der Waals surface area contributed by atoms with Crippen LogP contribution in [0.4, 0.5) is 0 Å². The predicted molar refractivity (Wildman–Crippen MR) is 48.6 cm³/mol. The van der Waals surface area contributed by atoms with Crippen LogP contribution in [0.3, 0.4) is 0 Å². The molecular formula is C9H13N3O2. The number of carbonyl (C=O) groups excluding carboxylic acids is 2. The van der Waals surface area contributed by atoms with Gasteiger partial charge in [0.1, 0.15) is 0 Å². The predicted octanol–water partition coefficient (Wildman–Crippen LogP) is -0.472. The highest BCUT2D eigenvalue weighted by molar-refractivity contribution is 5.80. The average Bonchev–Trinajstić information content (AvgIpc) is 2.50. The van der Waals surface area contributed by atoms with Crippen LogP contribution < -0.4 is 11.1 Å². The quantitative estimate of drug-likeness (QED) is 0.634. The largest absolute Gasteiger partial charge is 0.370 e. The first-order chi connectivity index (χ1) is 6.63. The van der Waals surface area contributed by atoms with Gasteiger partial charge in [-0.3, -0.25) is 9.59 Å². The summed E-state index contributed by atoms with van der Waals surface area (Å²) < 4.78 is 0. The number of nitrogens with zero attached hydrogens (tertiary/aromatic N) is 1. The molecule has 2 atom stereocenters. The average molecular weight is 195 g/mol. The van der Waals surface area contributed by atoms with E-state index in [1.165, 1.54) is 0 Å². The summed E-state index contributed by atoms with van der Waals surface area (Å²) in [6, 6.07) is 2.00. The molecule has 5 nitrogen and oxygen atoms in total. The Morgan fingerprint density at radius 1 is 1.79 bits per heavy atom. The number of primary amides is 1. The molecule has 1 aliphatic heterocycles. The lowest BCUT2D eigenvalue weighted by molar-refractivity contribution is -0.123. The lowest BCUT2D eigenvalue weighted by Gasteiger charge is -2.10. The van der Waals surface area contributed by atoms with Crippen molar-refractivity contribution >= 4 is 11.8 Å². The molecule has 1 heterocycles. The summed E-state index contributed by atoms with van der Waals surface area (Å²) in [7, 11) is 0. The van der Waals surface area contributed by atoms with E-state index in [1.54, 1.807) is 0 Å². The molecule has 0 aliphatic carbocycles. The van der Waals surface area contributed by atoms with E-state index in [4.69, 9.17) is 11.0 Å². The molecule has 0 spiro atoms. The fourth-order valence-electron chi connectivity index (χ4n) is 1.64. The minimum atomic E-state index is -0.491. The second-order valence-electron chi connectivity index (χ2n) is 3.51. The maximum Gasteiger partial charge on any atom is 0.223 e. The van der Waals surface area contributed by atoms with E-state index in [9.17, 15) is 9.59 Å². The van der Waals surface area contributed by atoms with Crippen molar-refractivity contribution in [3.63, 3.8) is 0 Å². The van der Waals surface area contributed by atoms with Gasteiger partial charge in [-0.15, -0.1) is 0 Å². The van der Waals surface area contributed by atoms with Crippen molar-refractivity contribution in [1.82, 2.24) is 5.32 Å². The zero-order valence-corrected chi connectivity index (χ0v) is 7.82. The van der Waals surface area contributed by atoms with Gasteiger partial charge in [0.15, 0.2) is 0 Å². The number of nitrogens with two attached hydrogens (primary N) is 1. The molecule has 0 bridgehead atoms. The number of rotatable bonds is 4. The Morgan fingerprint density at radius 3 is 2.93 bits per heavy atom. The smallest absolute Gasteiger partial charge is 0.223 e. The van der Waals surface area contributed by atoms with Crippen LogP contribution in [0, 0.1) is 23.2 Å². The number of nitrogens with one attached hydrogen (secondary N) is 1. The Bertz CT molecular complexity index is 282. The van der Waals surface area contributed by atoms with Gasteiger partial charge in [0.2, 0.25) is 11.8 Å². The zero-order valence-electron chi connectivity index (χ0n) is 7.82. The fourth-order valence-corrected chi connectivity index (χ4v) is 1.64. The summed E-state index contributed by atoms with van der Waals surface area (Å²) in [6.45, 7) is 0.665. The van der Waals surface area contributed by atoms with Crippen molar-refractivity contribution in [2.45, 2.75) is 19.3 Å². The molecule has 2 amide bonds. The monoisotopic (exact) mass is 195 g/mol. The Balaban J connectivity index is 2.44. The van der Waals surface area contributed by atoms with Crippen molar-refractivity contribution in [3.05, 3.63) is 0 Å². The number of hydrogen-bond donors (Lipinski definition) is 2. The van der Waals surface area contributed by atoms with Crippen LogP contribution >= 0.6 is 0 Å². The van der Waals surface area contributed by atoms with E-state index < -0.39 is 11.8 Å². The highest BCUT2D eigenvalue weighted by atomic mass is 16.2. The van der Waals surface area contributed by atoms with Gasteiger partial charge in [0.05, 0.1) is 12.0 Å². The number of nitriles is 1. The second kappa shape index (κ2) is 4.61. The van der Waals surface area contributed by atoms with Crippen molar-refractivity contribution in [3.8, 4) is 6.07 Å². The minimum absolute atomic E-state index is 0.0188. The van der Waals surface area contributed by atoms with E-state index in [-0.39, 0.29) is 18.2 Å². The maximum atomic E-state index is 11.2. The number of hydrogen-bond acceptors (Lipinski definition) is 3. The zero-order chi connectivity index (χ0) is 10.6. The van der Waals surface area contributed by atoms with Crippen molar-refractivity contribution in [2.24, 2.45) is 17.6 Å². The van der Waals surface area contributed by atoms with E-state index in [0.717, 1.165) is 6.42 Å². The Hall–Kier alpha value is -1.57. The van der Waals surface area contributed by atoms with Crippen LogP contribution in [-0.4, -0.2) is 18.4 Å². The van der Waals surface area contributed by atoms with Crippen LogP contribution in [-0.2, 0) is 9.59 Å². The molecule has 0 unspecified atom stereocenters. The molecule has 1 aliphatic rings. The van der Waals surface area contributed by atoms with E-state index >= 15 is 0 Å². The normalized spacial score (nSPS) is 22.5. The molecule has 3 N–H and O–H groups in total. The summed E-state index contributed by atoms with van der Waals surface area (Å²) in [5.74, 6) is -1.06. The molecule has 0 aromatic carbocycles. The lowest BCUT2D eigenvalue weighted by Crippen LogP contribution is -2.23. The van der Waals surface area contributed by atoms with E-state index in [1.807, 2.05) is 6.07 Å². The molecule has 5 heteroatoms. The van der Waals surface area contributed by atoms with Gasteiger partial charge in [-0.2, -0.15) is 5.26 Å². The van der Waals surface area contributed by atoms with Gasteiger partial charge in [0, 0.05) is 18.9 Å². The number of amides is 2. The maximum absolute atomic E-state index is 11.2. The SMILES string of the molecule is N#C[C@H](CC(N)=O)C[C@H]1CCNC1=O. The minimum Gasteiger partial charge on any atom is -0.370 e. The van der Waals surface area contributed by atoms with E-state index in [0.29, 0.717) is 13.0 Å². The van der Waals surface area contributed by atoms with Gasteiger partial charge < -0.3 is 11.1 Å². The molecule has 76 valence electrons. The molecule has 1 rings (SSSR count). The van der Waals surface area contributed by atoms with Gasteiger partial charge in [0.25, 0.3) is 0 Å². The number of carbonyl (C=O) groups is 2. The van der Waals surface area contributed by atoms with Crippen LogP contribution in [0.1, 0.15) is 19.3 Å². The van der Waals surface area contributed by atoms with E-state index in [2.05, 4.69) is 5.32 Å². The summed E-state index contributed by atoms with van der Waals surface area (Å²) in [4.78, 5) is 21.8. The fraction of sp³-hybridized carbons (Fsp3) is 0.667. The molecule has 0 radical (unpaired) electrons. The van der Waals surface area contributed by atoms with Crippen LogP contribution in [0.25, 0.3) is 0 Å². The molecular weight excluding hydrogens is 182 g/mol. The second-order valence-corrected chi connectivity index (χ2v) is 3.51. The molecule has 0 saturated carbocycles. The van der Waals surface area contributed by atoms with Gasteiger partial charge in [-0.1, -0.05) is 0 Å². The van der Waals surface area contributed by atoms with Crippen LogP contribution in [0.15, 0.2) is 0 Å². The van der Waals surface area contributed by atoms with Crippen LogP contribution in [0.2, 0.25) is 0 Å². The third-order valence-electron chi connectivity index (χ3n) is 2.36. The van der Waals surface area contributed by atoms with Gasteiger partial charge >= 0.3 is 0 Å². The summed E-state index contributed by atoms with van der Waals surface area (Å²) >= 11 is 0. The molecule has 0 aromatic rings. The summed E-state index contributed by atoms with van der Waals surface area (Å²) in [5.41, 5.74) is 4.99. The molecule has 1 saturated heterocycles. The molecule has 1 fully saturated rings. The summed E-state index contributed by atoms with van der Waals surface area (Å²) in [5, 5.41) is 11.4. The first-order valence-corrected chi connectivity index (χ1v) is 4.59. The Labute approximate surface area is 82.3 Å². The first kappa shape index (κ1) is 10.5. The standard InChI is InChI=1S/C9H13N3O2/c10-5-6(4-8(11)13)3-7-1-2-12-9(7)14/h6-7H,1-4H2,(H2,11,13)(H,12,14)/t6-,7+/m0/s1. The van der Waals surface area contributed by atoms with Crippen molar-refractivity contribution < 1.29 is 9.59 Å². The topological polar surface area (TPSA) is 96.0 Å². The third-order valence-corrected chi connectivity index (χ3v) is 2.36.